The molecule has 4 rings (SSSR count). The molecule has 134 valence electrons. The maximum Gasteiger partial charge on any atom is 0.231 e. The number of anilines is 1. The van der Waals surface area contributed by atoms with Crippen molar-refractivity contribution in [2.45, 2.75) is 19.4 Å². The van der Waals surface area contributed by atoms with Crippen molar-refractivity contribution < 1.29 is 9.18 Å². The largest absolute Gasteiger partial charge is 0.352 e. The van der Waals surface area contributed by atoms with Crippen LogP contribution in [-0.2, 0) is 11.3 Å². The van der Waals surface area contributed by atoms with Gasteiger partial charge in [-0.2, -0.15) is 0 Å². The first-order valence-electron chi connectivity index (χ1n) is 8.78. The number of hydrogen-bond acceptors (Lipinski definition) is 4. The number of piperidine rings is 1. The zero-order valence-electron chi connectivity index (χ0n) is 14.3. The molecule has 3 aromatic rings. The number of carbonyl (C=O) groups is 1. The van der Waals surface area contributed by atoms with E-state index >= 15 is 0 Å². The van der Waals surface area contributed by atoms with Gasteiger partial charge in [-0.3, -0.25) is 9.20 Å². The molecule has 1 aliphatic heterocycles. The van der Waals surface area contributed by atoms with Crippen molar-refractivity contribution in [1.29, 1.82) is 0 Å². The van der Waals surface area contributed by atoms with Gasteiger partial charge in [0.25, 0.3) is 0 Å². The molecular formula is C19H20FN5O. The van der Waals surface area contributed by atoms with E-state index in [4.69, 9.17) is 0 Å². The fourth-order valence-electron chi connectivity index (χ4n) is 3.39. The molecule has 1 aliphatic rings. The summed E-state index contributed by atoms with van der Waals surface area (Å²) in [7, 11) is 0. The van der Waals surface area contributed by atoms with Crippen LogP contribution in [0.3, 0.4) is 0 Å². The van der Waals surface area contributed by atoms with Gasteiger partial charge < -0.3 is 10.2 Å². The van der Waals surface area contributed by atoms with Crippen molar-refractivity contribution in [3.63, 3.8) is 0 Å². The normalized spacial score (nSPS) is 17.4. The molecule has 2 aromatic heterocycles. The standard InChI is InChI=1S/C19H20FN5O/c20-16-8-2-1-6-14(16)12-21-18(26)15-7-5-10-24(13-15)19-23-22-17-9-3-4-11-25(17)19/h1-4,6,8-9,11,15H,5,7,10,12-13H2,(H,21,26)/t15-/m0/s1. The van der Waals surface area contributed by atoms with Crippen molar-refractivity contribution in [2.24, 2.45) is 5.92 Å². The Morgan fingerprint density at radius 3 is 2.92 bits per heavy atom. The molecule has 7 heteroatoms. The monoisotopic (exact) mass is 353 g/mol. The Hall–Kier alpha value is -2.96. The van der Waals surface area contributed by atoms with Crippen LogP contribution in [0.4, 0.5) is 10.3 Å². The van der Waals surface area contributed by atoms with Gasteiger partial charge in [-0.15, -0.1) is 10.2 Å². The zero-order chi connectivity index (χ0) is 17.9. The fourth-order valence-corrected chi connectivity index (χ4v) is 3.39. The highest BCUT2D eigenvalue weighted by Gasteiger charge is 2.28. The number of amides is 1. The van der Waals surface area contributed by atoms with E-state index < -0.39 is 0 Å². The van der Waals surface area contributed by atoms with E-state index in [9.17, 15) is 9.18 Å². The Morgan fingerprint density at radius 1 is 1.19 bits per heavy atom. The number of fused-ring (bicyclic) bond motifs is 1. The quantitative estimate of drug-likeness (QED) is 0.782. The Morgan fingerprint density at radius 2 is 2.04 bits per heavy atom. The molecule has 26 heavy (non-hydrogen) atoms. The second-order valence-corrected chi connectivity index (χ2v) is 6.52. The lowest BCUT2D eigenvalue weighted by Crippen LogP contribution is -2.43. The lowest BCUT2D eigenvalue weighted by atomic mass is 9.97. The molecule has 1 N–H and O–H groups in total. The number of hydrogen-bond donors (Lipinski definition) is 1. The molecule has 6 nitrogen and oxygen atoms in total. The Labute approximate surface area is 150 Å². The first-order valence-corrected chi connectivity index (χ1v) is 8.78. The second-order valence-electron chi connectivity index (χ2n) is 6.52. The van der Waals surface area contributed by atoms with Gasteiger partial charge >= 0.3 is 0 Å². The van der Waals surface area contributed by atoms with Crippen molar-refractivity contribution >= 4 is 17.5 Å². The summed E-state index contributed by atoms with van der Waals surface area (Å²) >= 11 is 0. The molecule has 0 aliphatic carbocycles. The van der Waals surface area contributed by atoms with Crippen molar-refractivity contribution in [3.05, 3.63) is 60.0 Å². The molecule has 1 aromatic carbocycles. The van der Waals surface area contributed by atoms with Gasteiger partial charge in [0, 0.05) is 31.4 Å². The Bertz CT molecular complexity index is 925. The van der Waals surface area contributed by atoms with Gasteiger partial charge in [-0.05, 0) is 31.0 Å². The molecule has 0 saturated carbocycles. The highest BCUT2D eigenvalue weighted by atomic mass is 19.1. The van der Waals surface area contributed by atoms with Gasteiger partial charge in [0.2, 0.25) is 11.9 Å². The minimum Gasteiger partial charge on any atom is -0.352 e. The van der Waals surface area contributed by atoms with Gasteiger partial charge in [0.15, 0.2) is 5.65 Å². The van der Waals surface area contributed by atoms with Gasteiger partial charge in [0.05, 0.1) is 5.92 Å². The molecule has 0 bridgehead atoms. The van der Waals surface area contributed by atoms with Gasteiger partial charge in [-0.25, -0.2) is 4.39 Å². The number of halogens is 1. The highest BCUT2D eigenvalue weighted by Crippen LogP contribution is 2.22. The molecular weight excluding hydrogens is 333 g/mol. The molecule has 1 fully saturated rings. The maximum absolute atomic E-state index is 13.7. The number of pyridine rings is 1. The number of nitrogens with zero attached hydrogens (tertiary/aromatic N) is 4. The van der Waals surface area contributed by atoms with Gasteiger partial charge in [-0.1, -0.05) is 24.3 Å². The van der Waals surface area contributed by atoms with Crippen LogP contribution in [0.15, 0.2) is 48.7 Å². The molecule has 0 radical (unpaired) electrons. The topological polar surface area (TPSA) is 62.5 Å². The van der Waals surface area contributed by atoms with E-state index in [1.807, 2.05) is 28.8 Å². The second kappa shape index (κ2) is 7.11. The number of aromatic nitrogens is 3. The number of benzene rings is 1. The van der Waals surface area contributed by atoms with Crippen molar-refractivity contribution in [3.8, 4) is 0 Å². The third kappa shape index (κ3) is 3.24. The van der Waals surface area contributed by atoms with Crippen LogP contribution in [0, 0.1) is 11.7 Å². The molecule has 1 amide bonds. The maximum atomic E-state index is 13.7. The average Bonchev–Trinajstić information content (AvgIpc) is 3.11. The third-order valence-corrected chi connectivity index (χ3v) is 4.78. The molecule has 3 heterocycles. The molecule has 0 spiro atoms. The summed E-state index contributed by atoms with van der Waals surface area (Å²) in [6, 6.07) is 12.3. The van der Waals surface area contributed by atoms with E-state index in [1.54, 1.807) is 18.2 Å². The van der Waals surface area contributed by atoms with Crippen LogP contribution in [0.25, 0.3) is 5.65 Å². The summed E-state index contributed by atoms with van der Waals surface area (Å²) in [5.41, 5.74) is 1.28. The van der Waals surface area contributed by atoms with Crippen LogP contribution in [0.1, 0.15) is 18.4 Å². The van der Waals surface area contributed by atoms with Crippen LogP contribution in [0.2, 0.25) is 0 Å². The number of nitrogens with one attached hydrogen (secondary N) is 1. The molecule has 0 unspecified atom stereocenters. The van der Waals surface area contributed by atoms with E-state index in [1.165, 1.54) is 6.07 Å². The minimum atomic E-state index is -0.298. The highest BCUT2D eigenvalue weighted by molar-refractivity contribution is 5.79. The van der Waals surface area contributed by atoms with E-state index in [0.717, 1.165) is 31.0 Å². The van der Waals surface area contributed by atoms with Gasteiger partial charge in [0.1, 0.15) is 5.82 Å². The first-order chi connectivity index (χ1) is 12.7. The average molecular weight is 353 g/mol. The van der Waals surface area contributed by atoms with Crippen LogP contribution >= 0.6 is 0 Å². The fraction of sp³-hybridized carbons (Fsp3) is 0.316. The summed E-state index contributed by atoms with van der Waals surface area (Å²) in [6.45, 7) is 1.63. The lowest BCUT2D eigenvalue weighted by Gasteiger charge is -2.32. The predicted molar refractivity (Wildman–Crippen MR) is 96.2 cm³/mol. The smallest absolute Gasteiger partial charge is 0.231 e. The van der Waals surface area contributed by atoms with E-state index in [0.29, 0.717) is 12.1 Å². The lowest BCUT2D eigenvalue weighted by molar-refractivity contribution is -0.125. The van der Waals surface area contributed by atoms with Crippen LogP contribution in [0.5, 0.6) is 0 Å². The first kappa shape index (κ1) is 16.5. The summed E-state index contributed by atoms with van der Waals surface area (Å²) in [5, 5.41) is 11.3. The Kier molecular flexibility index (Phi) is 4.51. The third-order valence-electron chi connectivity index (χ3n) is 4.78. The summed E-state index contributed by atoms with van der Waals surface area (Å²) in [6.07, 6.45) is 3.64. The summed E-state index contributed by atoms with van der Waals surface area (Å²) in [5.74, 6) is 0.263. The molecule has 1 atom stereocenters. The molecule has 1 saturated heterocycles. The predicted octanol–water partition coefficient (Wildman–Crippen LogP) is 2.40. The van der Waals surface area contributed by atoms with E-state index in [2.05, 4.69) is 20.4 Å². The minimum absolute atomic E-state index is 0.0493. The van der Waals surface area contributed by atoms with Crippen LogP contribution < -0.4 is 10.2 Å². The number of carbonyl (C=O) groups excluding carboxylic acids is 1. The van der Waals surface area contributed by atoms with Crippen molar-refractivity contribution in [1.82, 2.24) is 19.9 Å². The van der Waals surface area contributed by atoms with Crippen molar-refractivity contribution in [2.75, 3.05) is 18.0 Å². The summed E-state index contributed by atoms with van der Waals surface area (Å²) < 4.78 is 15.6. The summed E-state index contributed by atoms with van der Waals surface area (Å²) in [4.78, 5) is 14.7. The number of rotatable bonds is 4. The SMILES string of the molecule is O=C(NCc1ccccc1F)[C@H]1CCCN(c2nnc3ccccn23)C1. The zero-order valence-corrected chi connectivity index (χ0v) is 14.3. The Balaban J connectivity index is 1.43. The van der Waals surface area contributed by atoms with E-state index in [-0.39, 0.29) is 24.2 Å². The van der Waals surface area contributed by atoms with Crippen LogP contribution in [-0.4, -0.2) is 33.6 Å².